The lowest BCUT2D eigenvalue weighted by molar-refractivity contribution is -0.120. The lowest BCUT2D eigenvalue weighted by atomic mass is 10.2. The molecule has 4 aromatic rings. The number of halogens is 1. The topological polar surface area (TPSA) is 93.4 Å². The number of hydrogen-bond acceptors (Lipinski definition) is 7. The predicted octanol–water partition coefficient (Wildman–Crippen LogP) is 6.36. The van der Waals surface area contributed by atoms with Crippen molar-refractivity contribution in [1.29, 1.82) is 0 Å². The van der Waals surface area contributed by atoms with Gasteiger partial charge in [0.05, 0.1) is 18.0 Å². The SMILES string of the molecule is C=CCn1c(CNc2ccc(C)cc2)nnc1S[C@@H](C)C(=O)N/N=C/c1ccccc1OCc1cccc(Br)c1. The van der Waals surface area contributed by atoms with Crippen molar-refractivity contribution in [2.24, 2.45) is 5.10 Å². The second-order valence-corrected chi connectivity index (χ2v) is 11.2. The Hall–Kier alpha value is -3.89. The molecule has 2 N–H and O–H groups in total. The van der Waals surface area contributed by atoms with Crippen molar-refractivity contribution in [2.75, 3.05) is 5.32 Å². The molecule has 0 spiro atoms. The first-order chi connectivity index (χ1) is 19.4. The van der Waals surface area contributed by atoms with E-state index in [9.17, 15) is 4.79 Å². The second kappa shape index (κ2) is 14.5. The maximum absolute atomic E-state index is 12.8. The predicted molar refractivity (Wildman–Crippen MR) is 165 cm³/mol. The van der Waals surface area contributed by atoms with Gasteiger partial charge in [-0.25, -0.2) is 5.43 Å². The Bertz CT molecular complexity index is 1470. The molecule has 0 saturated heterocycles. The molecule has 1 aromatic heterocycles. The number of carbonyl (C=O) groups excluding carboxylic acids is 1. The van der Waals surface area contributed by atoms with Crippen LogP contribution in [0.25, 0.3) is 0 Å². The fraction of sp³-hybridized carbons (Fsp3) is 0.200. The number of hydrazone groups is 1. The summed E-state index contributed by atoms with van der Waals surface area (Å²) in [7, 11) is 0. The minimum absolute atomic E-state index is 0.249. The Labute approximate surface area is 247 Å². The number of para-hydroxylation sites is 1. The van der Waals surface area contributed by atoms with E-state index in [2.05, 4.69) is 67.6 Å². The molecule has 1 atom stereocenters. The number of hydrogen-bond donors (Lipinski definition) is 2. The van der Waals surface area contributed by atoms with Gasteiger partial charge in [-0.3, -0.25) is 4.79 Å². The van der Waals surface area contributed by atoms with Crippen molar-refractivity contribution < 1.29 is 9.53 Å². The Morgan fingerprint density at radius 1 is 1.15 bits per heavy atom. The fourth-order valence-electron chi connectivity index (χ4n) is 3.68. The van der Waals surface area contributed by atoms with Crippen LogP contribution in [0.3, 0.4) is 0 Å². The van der Waals surface area contributed by atoms with E-state index in [1.165, 1.54) is 17.3 Å². The molecule has 0 aliphatic heterocycles. The summed E-state index contributed by atoms with van der Waals surface area (Å²) in [5.41, 5.74) is 6.62. The van der Waals surface area contributed by atoms with Crippen LogP contribution in [0.2, 0.25) is 0 Å². The maximum Gasteiger partial charge on any atom is 0.253 e. The van der Waals surface area contributed by atoms with Crippen molar-refractivity contribution in [2.45, 2.75) is 44.0 Å². The van der Waals surface area contributed by atoms with Crippen molar-refractivity contribution in [3.63, 3.8) is 0 Å². The van der Waals surface area contributed by atoms with Gasteiger partial charge in [0, 0.05) is 22.3 Å². The van der Waals surface area contributed by atoms with Crippen molar-refractivity contribution in [3.05, 3.63) is 112 Å². The molecule has 40 heavy (non-hydrogen) atoms. The normalized spacial score (nSPS) is 11.8. The molecule has 1 amide bonds. The summed E-state index contributed by atoms with van der Waals surface area (Å²) >= 11 is 4.80. The summed E-state index contributed by atoms with van der Waals surface area (Å²) in [5.74, 6) is 1.18. The molecular formula is C30H31BrN6O2S. The van der Waals surface area contributed by atoms with Crippen molar-refractivity contribution >= 4 is 45.5 Å². The molecule has 3 aromatic carbocycles. The zero-order chi connectivity index (χ0) is 28.3. The molecule has 0 bridgehead atoms. The summed E-state index contributed by atoms with van der Waals surface area (Å²) in [6.07, 6.45) is 3.37. The number of nitrogens with zero attached hydrogens (tertiary/aromatic N) is 4. The summed E-state index contributed by atoms with van der Waals surface area (Å²) in [4.78, 5) is 12.8. The van der Waals surface area contributed by atoms with E-state index in [4.69, 9.17) is 4.74 Å². The third kappa shape index (κ3) is 8.30. The molecule has 0 saturated carbocycles. The van der Waals surface area contributed by atoms with Gasteiger partial charge in [-0.05, 0) is 55.8 Å². The highest BCUT2D eigenvalue weighted by Crippen LogP contribution is 2.23. The van der Waals surface area contributed by atoms with Crippen LogP contribution in [0.5, 0.6) is 5.75 Å². The number of nitrogens with one attached hydrogen (secondary N) is 2. The molecule has 206 valence electrons. The summed E-state index contributed by atoms with van der Waals surface area (Å²) in [5, 5.41) is 16.4. The van der Waals surface area contributed by atoms with Crippen LogP contribution in [-0.4, -0.2) is 32.1 Å². The minimum atomic E-state index is -0.453. The monoisotopic (exact) mass is 618 g/mol. The Balaban J connectivity index is 1.34. The number of rotatable bonds is 13. The third-order valence-corrected chi connectivity index (χ3v) is 7.41. The van der Waals surface area contributed by atoms with E-state index >= 15 is 0 Å². The quantitative estimate of drug-likeness (QED) is 0.0784. The number of ether oxygens (including phenoxy) is 1. The zero-order valence-electron chi connectivity index (χ0n) is 22.4. The molecule has 8 nitrogen and oxygen atoms in total. The van der Waals surface area contributed by atoms with E-state index in [-0.39, 0.29) is 5.91 Å². The van der Waals surface area contributed by atoms with E-state index in [1.807, 2.05) is 72.2 Å². The Morgan fingerprint density at radius 2 is 1.95 bits per heavy atom. The molecule has 0 unspecified atom stereocenters. The lowest BCUT2D eigenvalue weighted by Crippen LogP contribution is -2.27. The molecule has 10 heteroatoms. The summed E-state index contributed by atoms with van der Waals surface area (Å²) < 4.78 is 8.94. The van der Waals surface area contributed by atoms with Gasteiger partial charge in [-0.15, -0.1) is 16.8 Å². The second-order valence-electron chi connectivity index (χ2n) is 8.97. The molecule has 4 rings (SSSR count). The number of carbonyl (C=O) groups is 1. The number of amides is 1. The third-order valence-electron chi connectivity index (χ3n) is 5.84. The lowest BCUT2D eigenvalue weighted by Gasteiger charge is -2.12. The van der Waals surface area contributed by atoms with Gasteiger partial charge < -0.3 is 14.6 Å². The largest absolute Gasteiger partial charge is 0.488 e. The molecule has 1 heterocycles. The highest BCUT2D eigenvalue weighted by atomic mass is 79.9. The van der Waals surface area contributed by atoms with Gasteiger partial charge in [0.2, 0.25) is 0 Å². The van der Waals surface area contributed by atoms with E-state index in [0.29, 0.717) is 30.6 Å². The molecule has 0 aliphatic rings. The van der Waals surface area contributed by atoms with Gasteiger partial charge in [0.15, 0.2) is 11.0 Å². The van der Waals surface area contributed by atoms with Crippen LogP contribution in [0.15, 0.2) is 100 Å². The smallest absolute Gasteiger partial charge is 0.253 e. The number of anilines is 1. The number of aromatic nitrogens is 3. The molecular weight excluding hydrogens is 588 g/mol. The zero-order valence-corrected chi connectivity index (χ0v) is 24.8. The number of thioether (sulfide) groups is 1. The maximum atomic E-state index is 12.8. The highest BCUT2D eigenvalue weighted by molar-refractivity contribution is 9.10. The average Bonchev–Trinajstić information content (AvgIpc) is 3.33. The van der Waals surface area contributed by atoms with E-state index in [0.717, 1.165) is 27.1 Å². The number of benzene rings is 3. The van der Waals surface area contributed by atoms with Crippen LogP contribution in [-0.2, 0) is 24.5 Å². The van der Waals surface area contributed by atoms with Crippen molar-refractivity contribution in [1.82, 2.24) is 20.2 Å². The first-order valence-corrected chi connectivity index (χ1v) is 14.4. The van der Waals surface area contributed by atoms with Crippen molar-refractivity contribution in [3.8, 4) is 5.75 Å². The molecule has 0 fully saturated rings. The van der Waals surface area contributed by atoms with Gasteiger partial charge >= 0.3 is 0 Å². The standard InChI is InChI=1S/C30H31BrN6O2S/c1-4-16-37-28(19-32-26-14-12-21(2)13-15-26)34-36-30(37)40-22(3)29(38)35-33-18-24-9-5-6-11-27(24)39-20-23-8-7-10-25(31)17-23/h4-15,17-18,22,32H,1,16,19-20H2,2-3H3,(H,35,38)/b33-18+/t22-/m0/s1. The molecule has 0 radical (unpaired) electrons. The molecule has 0 aliphatic carbocycles. The van der Waals surface area contributed by atoms with E-state index in [1.54, 1.807) is 12.3 Å². The number of allylic oxidation sites excluding steroid dienone is 1. The number of aryl methyl sites for hydroxylation is 1. The summed E-state index contributed by atoms with van der Waals surface area (Å²) in [6.45, 7) is 9.16. The van der Waals surface area contributed by atoms with Gasteiger partial charge in [0.1, 0.15) is 12.4 Å². The Morgan fingerprint density at radius 3 is 2.73 bits per heavy atom. The van der Waals surface area contributed by atoms with Crippen LogP contribution >= 0.6 is 27.7 Å². The Kier molecular flexibility index (Phi) is 10.5. The highest BCUT2D eigenvalue weighted by Gasteiger charge is 2.19. The van der Waals surface area contributed by atoms with Crippen LogP contribution < -0.4 is 15.5 Å². The first kappa shape index (κ1) is 29.1. The van der Waals surface area contributed by atoms with Crippen LogP contribution in [0.4, 0.5) is 5.69 Å². The minimum Gasteiger partial charge on any atom is -0.488 e. The summed E-state index contributed by atoms with van der Waals surface area (Å²) in [6, 6.07) is 23.7. The van der Waals surface area contributed by atoms with Gasteiger partial charge in [-0.2, -0.15) is 5.10 Å². The van der Waals surface area contributed by atoms with Gasteiger partial charge in [-0.1, -0.05) is 75.7 Å². The average molecular weight is 620 g/mol. The van der Waals surface area contributed by atoms with Gasteiger partial charge in [0.25, 0.3) is 5.91 Å². The first-order valence-electron chi connectivity index (χ1n) is 12.7. The van der Waals surface area contributed by atoms with Crippen LogP contribution in [0.1, 0.15) is 29.4 Å². The van der Waals surface area contributed by atoms with Crippen LogP contribution in [0, 0.1) is 6.92 Å². The fourth-order valence-corrected chi connectivity index (χ4v) is 4.99. The van der Waals surface area contributed by atoms with E-state index < -0.39 is 5.25 Å².